The van der Waals surface area contributed by atoms with Crippen LogP contribution >= 0.6 is 46.4 Å². The fourth-order valence-corrected chi connectivity index (χ4v) is 2.73. The maximum Gasteiger partial charge on any atom is 0.344 e. The highest BCUT2D eigenvalue weighted by Crippen LogP contribution is 2.28. The number of carbonyl (C=O) groups is 2. The molecule has 2 N–H and O–H groups in total. The lowest BCUT2D eigenvalue weighted by Gasteiger charge is -2.11. The van der Waals surface area contributed by atoms with Gasteiger partial charge >= 0.3 is 11.9 Å². The summed E-state index contributed by atoms with van der Waals surface area (Å²) in [6.45, 7) is 1.75. The molecule has 2 aromatic carbocycles. The SMILES string of the molecule is CC(Oc1ccc(Cl)cc1Cl)C(=O)O.O=C(O)CCCOc1ccc(Cl)cc1Cl. The van der Waals surface area contributed by atoms with E-state index < -0.39 is 18.0 Å². The third kappa shape index (κ3) is 9.94. The van der Waals surface area contributed by atoms with Crippen LogP contribution in [0.15, 0.2) is 36.4 Å². The van der Waals surface area contributed by atoms with Crippen molar-refractivity contribution in [1.82, 2.24) is 0 Å². The largest absolute Gasteiger partial charge is 0.492 e. The molecule has 0 aliphatic carbocycles. The van der Waals surface area contributed by atoms with Crippen LogP contribution < -0.4 is 9.47 Å². The van der Waals surface area contributed by atoms with E-state index >= 15 is 0 Å². The fraction of sp³-hybridized carbons (Fsp3) is 0.263. The van der Waals surface area contributed by atoms with E-state index in [9.17, 15) is 9.59 Å². The number of carboxylic acid groups (broad SMARTS) is 2. The number of carboxylic acids is 2. The monoisotopic (exact) mass is 482 g/mol. The maximum atomic E-state index is 10.5. The van der Waals surface area contributed by atoms with Crippen molar-refractivity contribution in [2.24, 2.45) is 0 Å². The summed E-state index contributed by atoms with van der Waals surface area (Å²) in [4.78, 5) is 20.7. The van der Waals surface area contributed by atoms with Crippen molar-refractivity contribution in [3.05, 3.63) is 56.5 Å². The van der Waals surface area contributed by atoms with Gasteiger partial charge in [0.05, 0.1) is 16.7 Å². The molecule has 0 fully saturated rings. The average Bonchev–Trinajstić information content (AvgIpc) is 2.62. The van der Waals surface area contributed by atoms with Crippen LogP contribution in [0.2, 0.25) is 20.1 Å². The standard InChI is InChI=1S/C10H10Cl2O3.C9H8Cl2O3/c11-7-3-4-9(8(12)6-7)15-5-1-2-10(13)14;1-5(9(12)13)14-8-3-2-6(10)4-7(8)11/h3-4,6H,1-2,5H2,(H,13,14);2-5H,1H3,(H,12,13). The highest BCUT2D eigenvalue weighted by atomic mass is 35.5. The second-order valence-electron chi connectivity index (χ2n) is 5.59. The van der Waals surface area contributed by atoms with Gasteiger partial charge in [-0.3, -0.25) is 4.79 Å². The molecule has 0 heterocycles. The van der Waals surface area contributed by atoms with E-state index in [-0.39, 0.29) is 6.42 Å². The second kappa shape index (κ2) is 12.6. The highest BCUT2D eigenvalue weighted by Gasteiger charge is 2.14. The summed E-state index contributed by atoms with van der Waals surface area (Å²) in [5.41, 5.74) is 0. The summed E-state index contributed by atoms with van der Waals surface area (Å²) in [6.07, 6.45) is -0.395. The predicted molar refractivity (Wildman–Crippen MR) is 113 cm³/mol. The number of aliphatic carboxylic acids is 2. The van der Waals surface area contributed by atoms with Crippen molar-refractivity contribution in [1.29, 1.82) is 0 Å². The van der Waals surface area contributed by atoms with Gasteiger partial charge < -0.3 is 19.7 Å². The normalized spacial score (nSPS) is 11.1. The molecule has 0 saturated carbocycles. The summed E-state index contributed by atoms with van der Waals surface area (Å²) in [6, 6.07) is 9.51. The Morgan fingerprint density at radius 3 is 1.90 bits per heavy atom. The molecule has 0 bridgehead atoms. The first-order valence-corrected chi connectivity index (χ1v) is 9.75. The van der Waals surface area contributed by atoms with Gasteiger partial charge in [0, 0.05) is 16.5 Å². The molecule has 0 radical (unpaired) electrons. The Morgan fingerprint density at radius 1 is 0.931 bits per heavy atom. The van der Waals surface area contributed by atoms with Crippen molar-refractivity contribution in [2.45, 2.75) is 25.9 Å². The lowest BCUT2D eigenvalue weighted by Crippen LogP contribution is -2.22. The number of benzene rings is 2. The van der Waals surface area contributed by atoms with Gasteiger partial charge in [0.2, 0.25) is 0 Å². The molecule has 0 aromatic heterocycles. The molecule has 0 saturated heterocycles. The van der Waals surface area contributed by atoms with Gasteiger partial charge in [0.1, 0.15) is 11.5 Å². The first kappa shape index (κ1) is 25.2. The van der Waals surface area contributed by atoms with E-state index in [0.29, 0.717) is 44.6 Å². The Hall–Kier alpha value is -1.86. The van der Waals surface area contributed by atoms with Crippen LogP contribution in [-0.4, -0.2) is 34.9 Å². The smallest absolute Gasteiger partial charge is 0.344 e. The summed E-state index contributed by atoms with van der Waals surface area (Å²) in [5.74, 6) is -1.05. The topological polar surface area (TPSA) is 93.1 Å². The van der Waals surface area contributed by atoms with Gasteiger partial charge in [-0.15, -0.1) is 0 Å². The molecule has 10 heteroatoms. The van der Waals surface area contributed by atoms with Crippen LogP contribution in [-0.2, 0) is 9.59 Å². The van der Waals surface area contributed by atoms with E-state index in [0.717, 1.165) is 0 Å². The quantitative estimate of drug-likeness (QED) is 0.441. The molecule has 0 aliphatic heterocycles. The van der Waals surface area contributed by atoms with Crippen LogP contribution in [0.5, 0.6) is 11.5 Å². The molecule has 0 spiro atoms. The van der Waals surface area contributed by atoms with Gasteiger partial charge in [-0.25, -0.2) is 4.79 Å². The van der Waals surface area contributed by atoms with E-state index in [1.165, 1.54) is 19.1 Å². The average molecular weight is 484 g/mol. The van der Waals surface area contributed by atoms with Crippen LogP contribution in [0, 0.1) is 0 Å². The van der Waals surface area contributed by atoms with Crippen molar-refractivity contribution >= 4 is 58.3 Å². The van der Waals surface area contributed by atoms with E-state index in [4.69, 9.17) is 66.1 Å². The second-order valence-corrected chi connectivity index (χ2v) is 7.28. The summed E-state index contributed by atoms with van der Waals surface area (Å²) in [5, 5.41) is 18.7. The molecule has 2 rings (SSSR count). The van der Waals surface area contributed by atoms with Gasteiger partial charge in [-0.1, -0.05) is 46.4 Å². The summed E-state index contributed by atoms with van der Waals surface area (Å²) < 4.78 is 10.4. The van der Waals surface area contributed by atoms with Crippen molar-refractivity contribution in [2.75, 3.05) is 6.61 Å². The third-order valence-corrected chi connectivity index (χ3v) is 4.29. The van der Waals surface area contributed by atoms with Crippen LogP contribution in [0.1, 0.15) is 19.8 Å². The number of hydrogen-bond donors (Lipinski definition) is 2. The summed E-state index contributed by atoms with van der Waals surface area (Å²) in [7, 11) is 0. The Bertz CT molecular complexity index is 843. The first-order chi connectivity index (χ1) is 13.6. The number of hydrogen-bond acceptors (Lipinski definition) is 4. The van der Waals surface area contributed by atoms with Crippen molar-refractivity contribution < 1.29 is 29.3 Å². The molecule has 158 valence electrons. The van der Waals surface area contributed by atoms with E-state index in [2.05, 4.69) is 0 Å². The molecule has 1 unspecified atom stereocenters. The van der Waals surface area contributed by atoms with Crippen LogP contribution in [0.25, 0.3) is 0 Å². The van der Waals surface area contributed by atoms with Crippen molar-refractivity contribution in [3.63, 3.8) is 0 Å². The fourth-order valence-electron chi connectivity index (χ4n) is 1.81. The molecule has 0 amide bonds. The summed E-state index contributed by atoms with van der Waals surface area (Å²) >= 11 is 23.0. The highest BCUT2D eigenvalue weighted by molar-refractivity contribution is 6.36. The minimum atomic E-state index is -1.05. The predicted octanol–water partition coefficient (Wildman–Crippen LogP) is 6.08. The minimum Gasteiger partial charge on any atom is -0.492 e. The van der Waals surface area contributed by atoms with Gasteiger partial charge in [0.25, 0.3) is 0 Å². The molecular formula is C19H18Cl4O6. The molecule has 2 aromatic rings. The van der Waals surface area contributed by atoms with E-state index in [1.807, 2.05) is 0 Å². The van der Waals surface area contributed by atoms with Gasteiger partial charge in [-0.2, -0.15) is 0 Å². The van der Waals surface area contributed by atoms with E-state index in [1.54, 1.807) is 24.3 Å². The lowest BCUT2D eigenvalue weighted by atomic mass is 10.3. The number of ether oxygens (including phenoxy) is 2. The lowest BCUT2D eigenvalue weighted by molar-refractivity contribution is -0.144. The zero-order valence-electron chi connectivity index (χ0n) is 15.2. The maximum absolute atomic E-state index is 10.5. The number of halogens is 4. The Balaban J connectivity index is 0.000000291. The van der Waals surface area contributed by atoms with Crippen LogP contribution in [0.3, 0.4) is 0 Å². The zero-order chi connectivity index (χ0) is 22.0. The molecule has 0 aliphatic rings. The Labute approximate surface area is 187 Å². The van der Waals surface area contributed by atoms with Gasteiger partial charge in [-0.05, 0) is 49.7 Å². The number of rotatable bonds is 8. The first-order valence-electron chi connectivity index (χ1n) is 8.24. The molecule has 1 atom stereocenters. The molecule has 6 nitrogen and oxygen atoms in total. The third-order valence-electron chi connectivity index (χ3n) is 3.23. The van der Waals surface area contributed by atoms with Crippen LogP contribution in [0.4, 0.5) is 0 Å². The van der Waals surface area contributed by atoms with Gasteiger partial charge in [0.15, 0.2) is 6.10 Å². The minimum absolute atomic E-state index is 0.0885. The molecule has 29 heavy (non-hydrogen) atoms. The molecular weight excluding hydrogens is 466 g/mol. The zero-order valence-corrected chi connectivity index (χ0v) is 18.2. The van der Waals surface area contributed by atoms with Crippen molar-refractivity contribution in [3.8, 4) is 11.5 Å². The Morgan fingerprint density at radius 2 is 1.45 bits per heavy atom. The Kier molecular flexibility index (Phi) is 11.0.